The smallest absolute Gasteiger partial charge is 0.00228 e. The predicted molar refractivity (Wildman–Crippen MR) is 63.9 cm³/mol. The van der Waals surface area contributed by atoms with E-state index in [9.17, 15) is 0 Å². The van der Waals surface area contributed by atoms with E-state index in [1.807, 2.05) is 6.07 Å². The van der Waals surface area contributed by atoms with E-state index in [1.54, 1.807) is 0 Å². The summed E-state index contributed by atoms with van der Waals surface area (Å²) in [6.45, 7) is 2.18. The Bertz CT molecular complexity index is 415. The third kappa shape index (κ3) is 2.47. The summed E-state index contributed by atoms with van der Waals surface area (Å²) < 4.78 is 0. The van der Waals surface area contributed by atoms with Crippen molar-refractivity contribution in [3.63, 3.8) is 0 Å². The van der Waals surface area contributed by atoms with Gasteiger partial charge in [-0.3, -0.25) is 0 Å². The normalized spacial score (nSPS) is 10.2. The fourth-order valence-electron chi connectivity index (χ4n) is 1.82. The zero-order valence-corrected chi connectivity index (χ0v) is 9.03. The number of rotatable bonds is 3. The van der Waals surface area contributed by atoms with Crippen molar-refractivity contribution in [1.82, 2.24) is 0 Å². The summed E-state index contributed by atoms with van der Waals surface area (Å²) in [6.07, 6.45) is 2.07. The lowest BCUT2D eigenvalue weighted by molar-refractivity contribution is 1.06. The zero-order chi connectivity index (χ0) is 10.5. The first kappa shape index (κ1) is 9.97. The van der Waals surface area contributed by atoms with Crippen molar-refractivity contribution >= 4 is 0 Å². The van der Waals surface area contributed by atoms with E-state index >= 15 is 0 Å². The molecule has 2 aromatic carbocycles. The molecule has 1 radical (unpaired) electrons. The van der Waals surface area contributed by atoms with Crippen LogP contribution in [0.15, 0.2) is 48.5 Å². The van der Waals surface area contributed by atoms with Gasteiger partial charge in [-0.05, 0) is 35.6 Å². The highest BCUT2D eigenvalue weighted by Gasteiger charge is 2.00. The maximum atomic E-state index is 3.31. The van der Waals surface area contributed by atoms with E-state index in [0.717, 1.165) is 12.8 Å². The molecule has 0 N–H and O–H groups in total. The van der Waals surface area contributed by atoms with Crippen LogP contribution in [0.1, 0.15) is 23.6 Å². The van der Waals surface area contributed by atoms with E-state index in [1.165, 1.54) is 16.7 Å². The first-order chi connectivity index (χ1) is 7.40. The SMILES string of the molecule is CCc1[c]cccc1Cc1ccccc1. The molecule has 75 valence electrons. The molecular formula is C15H15. The lowest BCUT2D eigenvalue weighted by Crippen LogP contribution is -1.93. The van der Waals surface area contributed by atoms with Crippen molar-refractivity contribution in [1.29, 1.82) is 0 Å². The van der Waals surface area contributed by atoms with Crippen molar-refractivity contribution < 1.29 is 0 Å². The van der Waals surface area contributed by atoms with Gasteiger partial charge >= 0.3 is 0 Å². The van der Waals surface area contributed by atoms with E-state index in [0.29, 0.717) is 0 Å². The van der Waals surface area contributed by atoms with Crippen molar-refractivity contribution in [3.8, 4) is 0 Å². The summed E-state index contributed by atoms with van der Waals surface area (Å²) >= 11 is 0. The van der Waals surface area contributed by atoms with E-state index in [4.69, 9.17) is 0 Å². The van der Waals surface area contributed by atoms with Crippen molar-refractivity contribution in [2.24, 2.45) is 0 Å². The average Bonchev–Trinajstić information content (AvgIpc) is 2.31. The highest BCUT2D eigenvalue weighted by atomic mass is 14.0. The topological polar surface area (TPSA) is 0 Å². The molecular weight excluding hydrogens is 180 g/mol. The Morgan fingerprint density at radius 2 is 1.80 bits per heavy atom. The molecule has 0 bridgehead atoms. The number of aryl methyl sites for hydroxylation is 1. The van der Waals surface area contributed by atoms with Crippen molar-refractivity contribution in [3.05, 3.63) is 71.3 Å². The van der Waals surface area contributed by atoms with E-state index in [-0.39, 0.29) is 0 Å². The van der Waals surface area contributed by atoms with Gasteiger partial charge in [0.05, 0.1) is 0 Å². The number of hydrogen-bond acceptors (Lipinski definition) is 0. The monoisotopic (exact) mass is 195 g/mol. The molecule has 2 rings (SSSR count). The first-order valence-corrected chi connectivity index (χ1v) is 5.42. The number of benzene rings is 2. The molecule has 0 aromatic heterocycles. The van der Waals surface area contributed by atoms with Gasteiger partial charge in [-0.25, -0.2) is 0 Å². The standard InChI is InChI=1S/C15H15/c1-2-14-10-6-7-11-15(14)12-13-8-4-3-5-9-13/h3-9,11H,2,12H2,1H3. The lowest BCUT2D eigenvalue weighted by atomic mass is 9.98. The highest BCUT2D eigenvalue weighted by molar-refractivity contribution is 5.31. The summed E-state index contributed by atoms with van der Waals surface area (Å²) in [6, 6.07) is 20.1. The van der Waals surface area contributed by atoms with Crippen LogP contribution in [-0.2, 0) is 12.8 Å². The van der Waals surface area contributed by atoms with Crippen molar-refractivity contribution in [2.45, 2.75) is 19.8 Å². The molecule has 0 saturated carbocycles. The average molecular weight is 195 g/mol. The minimum absolute atomic E-state index is 1.02. The maximum absolute atomic E-state index is 3.31. The molecule has 0 amide bonds. The molecule has 0 saturated heterocycles. The van der Waals surface area contributed by atoms with Gasteiger partial charge in [-0.15, -0.1) is 0 Å². The van der Waals surface area contributed by atoms with Crippen LogP contribution in [-0.4, -0.2) is 0 Å². The Hall–Kier alpha value is -1.56. The Kier molecular flexibility index (Phi) is 3.18. The molecule has 0 atom stereocenters. The first-order valence-electron chi connectivity index (χ1n) is 5.42. The second-order valence-electron chi connectivity index (χ2n) is 3.69. The predicted octanol–water partition coefficient (Wildman–Crippen LogP) is 3.64. The van der Waals surface area contributed by atoms with Crippen LogP contribution in [0.25, 0.3) is 0 Å². The van der Waals surface area contributed by atoms with Gasteiger partial charge in [0.25, 0.3) is 0 Å². The molecule has 0 nitrogen and oxygen atoms in total. The Balaban J connectivity index is 2.24. The molecule has 0 fully saturated rings. The maximum Gasteiger partial charge on any atom is -0.00228 e. The molecule has 0 aliphatic rings. The third-order valence-electron chi connectivity index (χ3n) is 2.63. The molecule has 0 aliphatic heterocycles. The summed E-state index contributed by atoms with van der Waals surface area (Å²) in [4.78, 5) is 0. The van der Waals surface area contributed by atoms with E-state index in [2.05, 4.69) is 55.5 Å². The molecule has 15 heavy (non-hydrogen) atoms. The van der Waals surface area contributed by atoms with Gasteiger partial charge in [0, 0.05) is 0 Å². The summed E-state index contributed by atoms with van der Waals surface area (Å²) in [5.41, 5.74) is 4.10. The summed E-state index contributed by atoms with van der Waals surface area (Å²) in [7, 11) is 0. The second-order valence-corrected chi connectivity index (χ2v) is 3.69. The minimum Gasteiger partial charge on any atom is -0.0622 e. The van der Waals surface area contributed by atoms with Gasteiger partial charge in [-0.1, -0.05) is 55.5 Å². The summed E-state index contributed by atoms with van der Waals surface area (Å²) in [5.74, 6) is 0. The quantitative estimate of drug-likeness (QED) is 0.701. The van der Waals surface area contributed by atoms with Gasteiger partial charge in [0.2, 0.25) is 0 Å². The van der Waals surface area contributed by atoms with Crippen LogP contribution < -0.4 is 0 Å². The molecule has 0 spiro atoms. The van der Waals surface area contributed by atoms with Gasteiger partial charge in [0.1, 0.15) is 0 Å². The van der Waals surface area contributed by atoms with Gasteiger partial charge in [-0.2, -0.15) is 0 Å². The fourth-order valence-corrected chi connectivity index (χ4v) is 1.82. The molecule has 0 aliphatic carbocycles. The van der Waals surface area contributed by atoms with Crippen LogP contribution in [0.2, 0.25) is 0 Å². The lowest BCUT2D eigenvalue weighted by Gasteiger charge is -2.06. The fraction of sp³-hybridized carbons (Fsp3) is 0.200. The Morgan fingerprint density at radius 3 is 2.53 bits per heavy atom. The minimum atomic E-state index is 1.02. The highest BCUT2D eigenvalue weighted by Crippen LogP contribution is 2.14. The largest absolute Gasteiger partial charge is 0.0622 e. The Morgan fingerprint density at radius 1 is 1.00 bits per heavy atom. The molecule has 0 unspecified atom stereocenters. The van der Waals surface area contributed by atoms with Crippen LogP contribution in [0, 0.1) is 6.07 Å². The second kappa shape index (κ2) is 4.79. The van der Waals surface area contributed by atoms with Crippen molar-refractivity contribution in [2.75, 3.05) is 0 Å². The number of hydrogen-bond donors (Lipinski definition) is 0. The molecule has 2 aromatic rings. The van der Waals surface area contributed by atoms with Gasteiger partial charge < -0.3 is 0 Å². The van der Waals surface area contributed by atoms with Crippen LogP contribution >= 0.6 is 0 Å². The third-order valence-corrected chi connectivity index (χ3v) is 2.63. The molecule has 0 heteroatoms. The summed E-state index contributed by atoms with van der Waals surface area (Å²) in [5, 5.41) is 0. The van der Waals surface area contributed by atoms with Crippen LogP contribution in [0.3, 0.4) is 0 Å². The van der Waals surface area contributed by atoms with Gasteiger partial charge in [0.15, 0.2) is 0 Å². The molecule has 0 heterocycles. The van der Waals surface area contributed by atoms with Crippen LogP contribution in [0.5, 0.6) is 0 Å². The van der Waals surface area contributed by atoms with Crippen LogP contribution in [0.4, 0.5) is 0 Å². The Labute approximate surface area is 91.6 Å². The zero-order valence-electron chi connectivity index (χ0n) is 9.03. The van der Waals surface area contributed by atoms with E-state index < -0.39 is 0 Å².